The van der Waals surface area contributed by atoms with Crippen LogP contribution < -0.4 is 0 Å². The minimum atomic E-state index is 0.130. The Morgan fingerprint density at radius 2 is 1.90 bits per heavy atom. The molecule has 0 saturated carbocycles. The Morgan fingerprint density at radius 1 is 1.05 bits per heavy atom. The van der Waals surface area contributed by atoms with Crippen LogP contribution >= 0.6 is 0 Å². The highest BCUT2D eigenvalue weighted by Gasteiger charge is 2.12. The SMILES string of the molecule is CCc1cnccc1C(=O)Cc1ccnc2ccccc12. The van der Waals surface area contributed by atoms with Crippen LogP contribution in [0, 0.1) is 0 Å². The van der Waals surface area contributed by atoms with Gasteiger partial charge in [0.05, 0.1) is 5.52 Å². The van der Waals surface area contributed by atoms with Crippen LogP contribution in [0.25, 0.3) is 10.9 Å². The lowest BCUT2D eigenvalue weighted by atomic mass is 9.97. The number of Topliss-reactive ketones (excluding diaryl/α,β-unsaturated/α-hetero) is 1. The second kappa shape index (κ2) is 5.83. The molecule has 0 saturated heterocycles. The van der Waals surface area contributed by atoms with Crippen LogP contribution in [0.1, 0.15) is 28.4 Å². The van der Waals surface area contributed by atoms with E-state index in [1.54, 1.807) is 18.6 Å². The van der Waals surface area contributed by atoms with E-state index in [0.29, 0.717) is 6.42 Å². The van der Waals surface area contributed by atoms with E-state index >= 15 is 0 Å². The van der Waals surface area contributed by atoms with E-state index in [1.165, 1.54) is 0 Å². The molecule has 0 bridgehead atoms. The Labute approximate surface area is 123 Å². The van der Waals surface area contributed by atoms with Gasteiger partial charge in [0.25, 0.3) is 0 Å². The van der Waals surface area contributed by atoms with Crippen molar-refractivity contribution >= 4 is 16.7 Å². The number of rotatable bonds is 4. The van der Waals surface area contributed by atoms with Crippen LogP contribution in [0.5, 0.6) is 0 Å². The maximum absolute atomic E-state index is 12.6. The monoisotopic (exact) mass is 276 g/mol. The van der Waals surface area contributed by atoms with Gasteiger partial charge in [0, 0.05) is 36.0 Å². The van der Waals surface area contributed by atoms with Gasteiger partial charge in [-0.1, -0.05) is 25.1 Å². The molecule has 0 unspecified atom stereocenters. The van der Waals surface area contributed by atoms with E-state index in [0.717, 1.165) is 34.0 Å². The Kier molecular flexibility index (Phi) is 3.73. The highest BCUT2D eigenvalue weighted by Crippen LogP contribution is 2.19. The Hall–Kier alpha value is -2.55. The van der Waals surface area contributed by atoms with E-state index in [4.69, 9.17) is 0 Å². The minimum Gasteiger partial charge on any atom is -0.294 e. The van der Waals surface area contributed by atoms with E-state index in [9.17, 15) is 4.79 Å². The summed E-state index contributed by atoms with van der Waals surface area (Å²) >= 11 is 0. The number of hydrogen-bond donors (Lipinski definition) is 0. The number of hydrogen-bond acceptors (Lipinski definition) is 3. The predicted octanol–water partition coefficient (Wildman–Crippen LogP) is 3.62. The lowest BCUT2D eigenvalue weighted by Gasteiger charge is -2.08. The number of carbonyl (C=O) groups excluding carboxylic acids is 1. The second-order valence-electron chi connectivity index (χ2n) is 4.97. The van der Waals surface area contributed by atoms with Gasteiger partial charge in [0.15, 0.2) is 5.78 Å². The highest BCUT2D eigenvalue weighted by atomic mass is 16.1. The van der Waals surface area contributed by atoms with Crippen molar-refractivity contribution in [3.63, 3.8) is 0 Å². The van der Waals surface area contributed by atoms with Gasteiger partial charge in [-0.25, -0.2) is 0 Å². The summed E-state index contributed by atoms with van der Waals surface area (Å²) in [5, 5.41) is 1.04. The van der Waals surface area contributed by atoms with Gasteiger partial charge in [-0.3, -0.25) is 14.8 Å². The summed E-state index contributed by atoms with van der Waals surface area (Å²) in [7, 11) is 0. The number of aromatic nitrogens is 2. The van der Waals surface area contributed by atoms with Gasteiger partial charge in [-0.2, -0.15) is 0 Å². The first-order valence-electron chi connectivity index (χ1n) is 7.08. The van der Waals surface area contributed by atoms with Gasteiger partial charge in [-0.05, 0) is 35.7 Å². The second-order valence-corrected chi connectivity index (χ2v) is 4.97. The molecular weight excluding hydrogens is 260 g/mol. The van der Waals surface area contributed by atoms with Gasteiger partial charge < -0.3 is 0 Å². The molecule has 0 aliphatic carbocycles. The van der Waals surface area contributed by atoms with Gasteiger partial charge >= 0.3 is 0 Å². The summed E-state index contributed by atoms with van der Waals surface area (Å²) in [6.07, 6.45) is 6.42. The van der Waals surface area contributed by atoms with Crippen LogP contribution in [-0.4, -0.2) is 15.8 Å². The fourth-order valence-corrected chi connectivity index (χ4v) is 2.56. The number of fused-ring (bicyclic) bond motifs is 1. The quantitative estimate of drug-likeness (QED) is 0.683. The fourth-order valence-electron chi connectivity index (χ4n) is 2.56. The number of aryl methyl sites for hydroxylation is 1. The fraction of sp³-hybridized carbons (Fsp3) is 0.167. The van der Waals surface area contributed by atoms with Crippen molar-refractivity contribution in [2.75, 3.05) is 0 Å². The summed E-state index contributed by atoms with van der Waals surface area (Å²) in [5.74, 6) is 0.130. The third kappa shape index (κ3) is 2.68. The first-order chi connectivity index (χ1) is 10.3. The van der Waals surface area contributed by atoms with Crippen molar-refractivity contribution in [1.29, 1.82) is 0 Å². The molecule has 0 N–H and O–H groups in total. The summed E-state index contributed by atoms with van der Waals surface area (Å²) in [5.41, 5.74) is 3.71. The predicted molar refractivity (Wildman–Crippen MR) is 83.4 cm³/mol. The standard InChI is InChI=1S/C18H16N2O/c1-2-13-12-19-9-8-16(13)18(21)11-14-7-10-20-17-6-4-3-5-15(14)17/h3-10,12H,2,11H2,1H3. The molecule has 3 heteroatoms. The Bertz CT molecular complexity index is 791. The molecule has 2 aromatic heterocycles. The van der Waals surface area contributed by atoms with Crippen molar-refractivity contribution in [1.82, 2.24) is 9.97 Å². The van der Waals surface area contributed by atoms with E-state index in [2.05, 4.69) is 9.97 Å². The number of ketones is 1. The van der Waals surface area contributed by atoms with Gasteiger partial charge in [-0.15, -0.1) is 0 Å². The van der Waals surface area contributed by atoms with Crippen molar-refractivity contribution < 1.29 is 4.79 Å². The summed E-state index contributed by atoms with van der Waals surface area (Å²) < 4.78 is 0. The lowest BCUT2D eigenvalue weighted by molar-refractivity contribution is 0.0992. The summed E-state index contributed by atoms with van der Waals surface area (Å²) in [6.45, 7) is 2.04. The normalized spacial score (nSPS) is 10.7. The van der Waals surface area contributed by atoms with Crippen LogP contribution in [-0.2, 0) is 12.8 Å². The molecule has 3 rings (SSSR count). The van der Waals surface area contributed by atoms with Crippen LogP contribution in [0.15, 0.2) is 55.0 Å². The molecule has 0 atom stereocenters. The smallest absolute Gasteiger partial charge is 0.167 e. The third-order valence-electron chi connectivity index (χ3n) is 3.68. The lowest BCUT2D eigenvalue weighted by Crippen LogP contribution is -2.07. The average Bonchev–Trinajstić information content (AvgIpc) is 2.55. The molecule has 0 amide bonds. The first-order valence-corrected chi connectivity index (χ1v) is 7.08. The number of benzene rings is 1. The number of para-hydroxylation sites is 1. The van der Waals surface area contributed by atoms with Crippen molar-refractivity contribution in [3.05, 3.63) is 71.7 Å². The maximum Gasteiger partial charge on any atom is 0.167 e. The van der Waals surface area contributed by atoms with E-state index in [-0.39, 0.29) is 5.78 Å². The molecule has 0 aliphatic heterocycles. The van der Waals surface area contributed by atoms with Crippen LogP contribution in [0.4, 0.5) is 0 Å². The summed E-state index contributed by atoms with van der Waals surface area (Å²) in [4.78, 5) is 21.0. The molecule has 0 spiro atoms. The molecule has 3 aromatic rings. The van der Waals surface area contributed by atoms with Gasteiger partial charge in [0.1, 0.15) is 0 Å². The Balaban J connectivity index is 1.97. The number of carbonyl (C=O) groups is 1. The number of nitrogens with zero attached hydrogens (tertiary/aromatic N) is 2. The molecule has 104 valence electrons. The molecular formula is C18H16N2O. The van der Waals surface area contributed by atoms with Crippen molar-refractivity contribution in [2.45, 2.75) is 19.8 Å². The zero-order valence-electron chi connectivity index (χ0n) is 11.9. The zero-order chi connectivity index (χ0) is 14.7. The molecule has 0 fully saturated rings. The van der Waals surface area contributed by atoms with Crippen LogP contribution in [0.2, 0.25) is 0 Å². The molecule has 21 heavy (non-hydrogen) atoms. The summed E-state index contributed by atoms with van der Waals surface area (Å²) in [6, 6.07) is 11.6. The van der Waals surface area contributed by atoms with Gasteiger partial charge in [0.2, 0.25) is 0 Å². The molecule has 3 nitrogen and oxygen atoms in total. The average molecular weight is 276 g/mol. The highest BCUT2D eigenvalue weighted by molar-refractivity contribution is 6.00. The van der Waals surface area contributed by atoms with Crippen LogP contribution in [0.3, 0.4) is 0 Å². The third-order valence-corrected chi connectivity index (χ3v) is 3.68. The molecule has 2 heterocycles. The topological polar surface area (TPSA) is 42.9 Å². The van der Waals surface area contributed by atoms with Crippen molar-refractivity contribution in [2.24, 2.45) is 0 Å². The van der Waals surface area contributed by atoms with Crippen molar-refractivity contribution in [3.8, 4) is 0 Å². The largest absolute Gasteiger partial charge is 0.294 e. The minimum absolute atomic E-state index is 0.130. The molecule has 1 aromatic carbocycles. The molecule has 0 aliphatic rings. The Morgan fingerprint density at radius 3 is 2.76 bits per heavy atom. The maximum atomic E-state index is 12.6. The zero-order valence-corrected chi connectivity index (χ0v) is 11.9. The van der Waals surface area contributed by atoms with E-state index in [1.807, 2.05) is 43.3 Å². The van der Waals surface area contributed by atoms with E-state index < -0.39 is 0 Å². The first kappa shape index (κ1) is 13.4. The molecule has 0 radical (unpaired) electrons. The number of pyridine rings is 2.